The van der Waals surface area contributed by atoms with Crippen LogP contribution in [0, 0.1) is 0 Å². The van der Waals surface area contributed by atoms with Crippen LogP contribution < -0.4 is 4.74 Å². The number of fused-ring (bicyclic) bond motifs is 1. The molecule has 2 aliphatic rings. The summed E-state index contributed by atoms with van der Waals surface area (Å²) < 4.78 is 5.28. The number of rotatable bonds is 6. The molecule has 0 aromatic heterocycles. The van der Waals surface area contributed by atoms with Crippen molar-refractivity contribution in [2.45, 2.75) is 44.5 Å². The molecule has 0 aliphatic carbocycles. The van der Waals surface area contributed by atoms with Crippen molar-refractivity contribution >= 4 is 0 Å². The third-order valence-corrected chi connectivity index (χ3v) is 5.27. The monoisotopic (exact) mass is 320 g/mol. The Hall–Kier alpha value is -1.14. The summed E-state index contributed by atoms with van der Waals surface area (Å²) in [6, 6.07) is 7.13. The maximum Gasteiger partial charge on any atom is 0.124 e. The second kappa shape index (κ2) is 7.62. The molecule has 0 spiro atoms. The van der Waals surface area contributed by atoms with E-state index in [0.29, 0.717) is 12.1 Å². The van der Waals surface area contributed by atoms with E-state index in [9.17, 15) is 10.2 Å². The van der Waals surface area contributed by atoms with Crippen LogP contribution in [0.2, 0.25) is 0 Å². The molecule has 5 heteroatoms. The van der Waals surface area contributed by atoms with Crippen LogP contribution in [-0.2, 0) is 13.2 Å². The van der Waals surface area contributed by atoms with E-state index in [0.717, 1.165) is 37.4 Å². The summed E-state index contributed by atoms with van der Waals surface area (Å²) in [5, 5.41) is 18.9. The Morgan fingerprint density at radius 3 is 2.87 bits per heavy atom. The first-order chi connectivity index (χ1) is 11.2. The molecule has 128 valence electrons. The molecule has 2 fully saturated rings. The van der Waals surface area contributed by atoms with Crippen molar-refractivity contribution in [1.82, 2.24) is 9.80 Å². The highest BCUT2D eigenvalue weighted by Crippen LogP contribution is 2.28. The van der Waals surface area contributed by atoms with Crippen LogP contribution in [0.25, 0.3) is 0 Å². The molecule has 2 saturated heterocycles. The topological polar surface area (TPSA) is 56.2 Å². The minimum atomic E-state index is -0.00646. The molecule has 2 atom stereocenters. The Morgan fingerprint density at radius 1 is 1.26 bits per heavy atom. The second-order valence-electron chi connectivity index (χ2n) is 6.69. The number of hydrogen-bond acceptors (Lipinski definition) is 5. The molecule has 0 radical (unpaired) electrons. The van der Waals surface area contributed by atoms with Crippen LogP contribution >= 0.6 is 0 Å². The van der Waals surface area contributed by atoms with Gasteiger partial charge in [-0.15, -0.1) is 0 Å². The van der Waals surface area contributed by atoms with Gasteiger partial charge in [0, 0.05) is 43.9 Å². The van der Waals surface area contributed by atoms with E-state index < -0.39 is 0 Å². The van der Waals surface area contributed by atoms with E-state index in [1.807, 2.05) is 12.1 Å². The molecule has 2 heterocycles. The van der Waals surface area contributed by atoms with Gasteiger partial charge in [-0.3, -0.25) is 9.80 Å². The number of aliphatic hydroxyl groups is 2. The van der Waals surface area contributed by atoms with E-state index in [2.05, 4.69) is 15.9 Å². The average Bonchev–Trinajstić information content (AvgIpc) is 3.02. The number of nitrogens with zero attached hydrogens (tertiary/aromatic N) is 2. The summed E-state index contributed by atoms with van der Waals surface area (Å²) in [6.45, 7) is 4.45. The van der Waals surface area contributed by atoms with Gasteiger partial charge in [-0.25, -0.2) is 0 Å². The van der Waals surface area contributed by atoms with E-state index in [1.165, 1.54) is 24.9 Å². The number of ether oxygens (including phenoxy) is 1. The zero-order valence-corrected chi connectivity index (χ0v) is 13.9. The Labute approximate surface area is 138 Å². The van der Waals surface area contributed by atoms with Crippen LogP contribution in [0.1, 0.15) is 30.4 Å². The number of piperazine rings is 1. The summed E-state index contributed by atoms with van der Waals surface area (Å²) in [5.74, 6) is 0.740. The lowest BCUT2D eigenvalue weighted by Crippen LogP contribution is -2.55. The van der Waals surface area contributed by atoms with Gasteiger partial charge in [-0.05, 0) is 43.5 Å². The summed E-state index contributed by atoms with van der Waals surface area (Å²) in [6.07, 6.45) is 3.40. The molecule has 0 saturated carbocycles. The quantitative estimate of drug-likeness (QED) is 0.825. The Kier molecular flexibility index (Phi) is 5.54. The highest BCUT2D eigenvalue weighted by molar-refractivity contribution is 5.36. The van der Waals surface area contributed by atoms with Crippen LogP contribution in [0.3, 0.4) is 0 Å². The summed E-state index contributed by atoms with van der Waals surface area (Å²) >= 11 is 0. The fraction of sp³-hybridized carbons (Fsp3) is 0.667. The van der Waals surface area contributed by atoms with Crippen LogP contribution in [0.5, 0.6) is 5.75 Å². The first-order valence-electron chi connectivity index (χ1n) is 8.60. The van der Waals surface area contributed by atoms with Crippen LogP contribution in [0.4, 0.5) is 0 Å². The molecular formula is C18H28N2O3. The molecule has 0 unspecified atom stereocenters. The van der Waals surface area contributed by atoms with E-state index in [1.54, 1.807) is 7.11 Å². The third kappa shape index (κ3) is 3.69. The molecule has 1 aromatic rings. The van der Waals surface area contributed by atoms with Gasteiger partial charge >= 0.3 is 0 Å². The standard InChI is InChI=1S/C18H28N2O3/c1-23-18-5-4-14(9-15(18)13-22)10-20-12-16-3-2-7-19(16)11-17(20)6-8-21/h4-5,9,16-17,21-22H,2-3,6-8,10-13H2,1H3/t16-,17-/m0/s1. The van der Waals surface area contributed by atoms with Crippen molar-refractivity contribution in [2.24, 2.45) is 0 Å². The van der Waals surface area contributed by atoms with Gasteiger partial charge in [-0.1, -0.05) is 6.07 Å². The average molecular weight is 320 g/mol. The van der Waals surface area contributed by atoms with Gasteiger partial charge in [0.25, 0.3) is 0 Å². The molecule has 1 aromatic carbocycles. The van der Waals surface area contributed by atoms with Gasteiger partial charge in [0.15, 0.2) is 0 Å². The maximum atomic E-state index is 9.51. The minimum absolute atomic E-state index is 0.00646. The van der Waals surface area contributed by atoms with Gasteiger partial charge in [0.1, 0.15) is 5.75 Å². The highest BCUT2D eigenvalue weighted by atomic mass is 16.5. The molecule has 0 bridgehead atoms. The highest BCUT2D eigenvalue weighted by Gasteiger charge is 2.35. The first kappa shape index (κ1) is 16.7. The summed E-state index contributed by atoms with van der Waals surface area (Å²) in [7, 11) is 1.63. The van der Waals surface area contributed by atoms with Gasteiger partial charge in [0.05, 0.1) is 13.7 Å². The van der Waals surface area contributed by atoms with Crippen molar-refractivity contribution in [1.29, 1.82) is 0 Å². The first-order valence-corrected chi connectivity index (χ1v) is 8.60. The molecule has 0 amide bonds. The van der Waals surface area contributed by atoms with Gasteiger partial charge in [-0.2, -0.15) is 0 Å². The predicted octanol–water partition coefficient (Wildman–Crippen LogP) is 1.22. The lowest BCUT2D eigenvalue weighted by molar-refractivity contribution is 0.0333. The molecule has 5 nitrogen and oxygen atoms in total. The molecule has 2 aliphatic heterocycles. The van der Waals surface area contributed by atoms with Crippen molar-refractivity contribution < 1.29 is 14.9 Å². The lowest BCUT2D eigenvalue weighted by atomic mass is 10.0. The van der Waals surface area contributed by atoms with Gasteiger partial charge < -0.3 is 14.9 Å². The fourth-order valence-electron chi connectivity index (χ4n) is 4.05. The van der Waals surface area contributed by atoms with E-state index in [-0.39, 0.29) is 13.2 Å². The van der Waals surface area contributed by atoms with E-state index >= 15 is 0 Å². The second-order valence-corrected chi connectivity index (χ2v) is 6.69. The molecule has 2 N–H and O–H groups in total. The molecule has 23 heavy (non-hydrogen) atoms. The van der Waals surface area contributed by atoms with Crippen molar-refractivity contribution in [2.75, 3.05) is 33.4 Å². The SMILES string of the molecule is COc1ccc(CN2C[C@@H]3CCCN3C[C@@H]2CCO)cc1CO. The smallest absolute Gasteiger partial charge is 0.124 e. The van der Waals surface area contributed by atoms with Crippen molar-refractivity contribution in [3.8, 4) is 5.75 Å². The zero-order valence-electron chi connectivity index (χ0n) is 13.9. The Balaban J connectivity index is 1.73. The van der Waals surface area contributed by atoms with Crippen molar-refractivity contribution in [3.05, 3.63) is 29.3 Å². The summed E-state index contributed by atoms with van der Waals surface area (Å²) in [4.78, 5) is 5.09. The number of benzene rings is 1. The minimum Gasteiger partial charge on any atom is -0.496 e. The summed E-state index contributed by atoms with van der Waals surface area (Å²) in [5.41, 5.74) is 2.03. The molecular weight excluding hydrogens is 292 g/mol. The predicted molar refractivity (Wildman–Crippen MR) is 89.4 cm³/mol. The van der Waals surface area contributed by atoms with Crippen LogP contribution in [-0.4, -0.2) is 65.4 Å². The van der Waals surface area contributed by atoms with Crippen molar-refractivity contribution in [3.63, 3.8) is 0 Å². The fourth-order valence-corrected chi connectivity index (χ4v) is 4.05. The largest absolute Gasteiger partial charge is 0.496 e. The van der Waals surface area contributed by atoms with Crippen LogP contribution in [0.15, 0.2) is 18.2 Å². The number of methoxy groups -OCH3 is 1. The Morgan fingerprint density at radius 2 is 2.13 bits per heavy atom. The third-order valence-electron chi connectivity index (χ3n) is 5.27. The maximum absolute atomic E-state index is 9.51. The number of aliphatic hydroxyl groups excluding tert-OH is 2. The number of hydrogen-bond donors (Lipinski definition) is 2. The van der Waals surface area contributed by atoms with Gasteiger partial charge in [0.2, 0.25) is 0 Å². The molecule has 3 rings (SSSR count). The normalized spacial score (nSPS) is 25.5. The Bertz CT molecular complexity index is 523. The zero-order chi connectivity index (χ0) is 16.2. The van der Waals surface area contributed by atoms with E-state index in [4.69, 9.17) is 4.74 Å². The lowest BCUT2D eigenvalue weighted by Gasteiger charge is -2.43.